The minimum absolute atomic E-state index is 0.195. The fourth-order valence-corrected chi connectivity index (χ4v) is 2.66. The quantitative estimate of drug-likeness (QED) is 0.788. The van der Waals surface area contributed by atoms with E-state index in [4.69, 9.17) is 0 Å². The summed E-state index contributed by atoms with van der Waals surface area (Å²) in [4.78, 5) is 0. The van der Waals surface area contributed by atoms with Crippen LogP contribution in [0.25, 0.3) is 0 Å². The second-order valence-corrected chi connectivity index (χ2v) is 8.34. The highest BCUT2D eigenvalue weighted by molar-refractivity contribution is 7.92. The molecule has 1 aliphatic rings. The van der Waals surface area contributed by atoms with E-state index in [9.17, 15) is 13.5 Å². The van der Waals surface area contributed by atoms with Crippen LogP contribution in [-0.2, 0) is 9.84 Å². The van der Waals surface area contributed by atoms with E-state index in [0.717, 1.165) is 12.8 Å². The maximum atomic E-state index is 11.7. The van der Waals surface area contributed by atoms with Gasteiger partial charge in [-0.05, 0) is 52.4 Å². The van der Waals surface area contributed by atoms with E-state index < -0.39 is 14.6 Å². The number of aliphatic hydroxyl groups is 1. The lowest BCUT2D eigenvalue weighted by molar-refractivity contribution is 0.141. The van der Waals surface area contributed by atoms with Crippen LogP contribution in [0.3, 0.4) is 0 Å². The van der Waals surface area contributed by atoms with Crippen molar-refractivity contribution in [1.82, 2.24) is 0 Å². The van der Waals surface area contributed by atoms with Crippen LogP contribution in [0.2, 0.25) is 0 Å². The zero-order chi connectivity index (χ0) is 11.7. The number of sulfone groups is 1. The molecule has 1 unspecified atom stereocenters. The van der Waals surface area contributed by atoms with Crippen LogP contribution in [0.4, 0.5) is 0 Å². The predicted molar refractivity (Wildman–Crippen MR) is 61.5 cm³/mol. The first-order valence-electron chi connectivity index (χ1n) is 5.64. The third-order valence-corrected chi connectivity index (χ3v) is 5.70. The first-order chi connectivity index (χ1) is 6.74. The highest BCUT2D eigenvalue weighted by Crippen LogP contribution is 2.34. The Hall–Kier alpha value is -0.0900. The molecule has 0 aromatic rings. The smallest absolute Gasteiger partial charge is 0.155 e. The number of rotatable bonds is 5. The van der Waals surface area contributed by atoms with Crippen molar-refractivity contribution >= 4 is 9.84 Å². The SMILES string of the molecule is CC(C)(C)S(=O)(=O)CCCC(O)C1CC1. The van der Waals surface area contributed by atoms with Crippen molar-refractivity contribution < 1.29 is 13.5 Å². The maximum absolute atomic E-state index is 11.7. The van der Waals surface area contributed by atoms with E-state index in [1.54, 1.807) is 20.8 Å². The second kappa shape index (κ2) is 4.42. The summed E-state index contributed by atoms with van der Waals surface area (Å²) in [6.07, 6.45) is 3.14. The Kier molecular flexibility index (Phi) is 3.82. The molecule has 4 heteroatoms. The van der Waals surface area contributed by atoms with Crippen LogP contribution in [0, 0.1) is 5.92 Å². The second-order valence-electron chi connectivity index (χ2n) is 5.48. The zero-order valence-electron chi connectivity index (χ0n) is 9.86. The monoisotopic (exact) mass is 234 g/mol. The first-order valence-corrected chi connectivity index (χ1v) is 7.29. The third kappa shape index (κ3) is 3.76. The van der Waals surface area contributed by atoms with E-state index in [0.29, 0.717) is 18.8 Å². The van der Waals surface area contributed by atoms with Crippen molar-refractivity contribution in [2.24, 2.45) is 5.92 Å². The molecule has 90 valence electrons. The summed E-state index contributed by atoms with van der Waals surface area (Å²) < 4.78 is 22.8. The Balaban J connectivity index is 2.30. The molecule has 0 aliphatic heterocycles. The van der Waals surface area contributed by atoms with Crippen LogP contribution in [-0.4, -0.2) is 30.1 Å². The summed E-state index contributed by atoms with van der Waals surface area (Å²) in [7, 11) is -3.01. The fraction of sp³-hybridized carbons (Fsp3) is 1.00. The van der Waals surface area contributed by atoms with Gasteiger partial charge < -0.3 is 5.11 Å². The minimum Gasteiger partial charge on any atom is -0.393 e. The largest absolute Gasteiger partial charge is 0.393 e. The molecular formula is C11H22O3S. The van der Waals surface area contributed by atoms with Crippen molar-refractivity contribution in [3.05, 3.63) is 0 Å². The van der Waals surface area contributed by atoms with Crippen molar-refractivity contribution in [3.8, 4) is 0 Å². The van der Waals surface area contributed by atoms with Crippen molar-refractivity contribution in [2.45, 2.75) is 57.3 Å². The van der Waals surface area contributed by atoms with E-state index in [2.05, 4.69) is 0 Å². The molecule has 15 heavy (non-hydrogen) atoms. The van der Waals surface area contributed by atoms with Crippen LogP contribution in [0.1, 0.15) is 46.5 Å². The Bertz CT molecular complexity index is 296. The molecule has 1 fully saturated rings. The number of hydrogen-bond donors (Lipinski definition) is 1. The lowest BCUT2D eigenvalue weighted by Gasteiger charge is -2.19. The van der Waals surface area contributed by atoms with Gasteiger partial charge in [-0.1, -0.05) is 0 Å². The third-order valence-electron chi connectivity index (χ3n) is 3.01. The Morgan fingerprint density at radius 1 is 1.33 bits per heavy atom. The Labute approximate surface area is 92.8 Å². The molecule has 0 spiro atoms. The molecule has 1 saturated carbocycles. The normalized spacial score (nSPS) is 20.3. The van der Waals surface area contributed by atoms with Gasteiger partial charge in [0.05, 0.1) is 16.6 Å². The van der Waals surface area contributed by atoms with Gasteiger partial charge in [0.25, 0.3) is 0 Å². The predicted octanol–water partition coefficient (Wildman–Crippen LogP) is 1.75. The summed E-state index contributed by atoms with van der Waals surface area (Å²) in [5, 5.41) is 9.59. The molecule has 0 heterocycles. The Morgan fingerprint density at radius 3 is 2.27 bits per heavy atom. The first kappa shape index (κ1) is 13.0. The molecule has 0 radical (unpaired) electrons. The van der Waals surface area contributed by atoms with Crippen molar-refractivity contribution in [3.63, 3.8) is 0 Å². The summed E-state index contributed by atoms with van der Waals surface area (Å²) in [6, 6.07) is 0. The van der Waals surface area contributed by atoms with E-state index in [-0.39, 0.29) is 11.9 Å². The van der Waals surface area contributed by atoms with E-state index in [1.165, 1.54) is 0 Å². The highest BCUT2D eigenvalue weighted by atomic mass is 32.2. The number of aliphatic hydroxyl groups excluding tert-OH is 1. The summed E-state index contributed by atoms with van der Waals surface area (Å²) in [5.41, 5.74) is 0. The summed E-state index contributed by atoms with van der Waals surface area (Å²) in [5.74, 6) is 0.641. The molecule has 0 bridgehead atoms. The topological polar surface area (TPSA) is 54.4 Å². The average molecular weight is 234 g/mol. The van der Waals surface area contributed by atoms with Crippen molar-refractivity contribution in [2.75, 3.05) is 5.75 Å². The van der Waals surface area contributed by atoms with Gasteiger partial charge in [-0.15, -0.1) is 0 Å². The van der Waals surface area contributed by atoms with Crippen LogP contribution in [0.5, 0.6) is 0 Å². The molecule has 0 amide bonds. The molecule has 0 aromatic heterocycles. The van der Waals surface area contributed by atoms with Gasteiger partial charge in [0.1, 0.15) is 0 Å². The summed E-state index contributed by atoms with van der Waals surface area (Å²) >= 11 is 0. The average Bonchev–Trinajstić information content (AvgIpc) is 2.83. The van der Waals surface area contributed by atoms with Gasteiger partial charge in [0.2, 0.25) is 0 Å². The van der Waals surface area contributed by atoms with E-state index >= 15 is 0 Å². The van der Waals surface area contributed by atoms with Gasteiger partial charge in [0, 0.05) is 0 Å². The number of hydrogen-bond acceptors (Lipinski definition) is 3. The highest BCUT2D eigenvalue weighted by Gasteiger charge is 2.31. The Morgan fingerprint density at radius 2 is 1.87 bits per heavy atom. The lowest BCUT2D eigenvalue weighted by atomic mass is 10.1. The fourth-order valence-electron chi connectivity index (χ4n) is 1.51. The van der Waals surface area contributed by atoms with Gasteiger partial charge in [-0.2, -0.15) is 0 Å². The maximum Gasteiger partial charge on any atom is 0.155 e. The van der Waals surface area contributed by atoms with Crippen LogP contribution >= 0.6 is 0 Å². The minimum atomic E-state index is -3.01. The lowest BCUT2D eigenvalue weighted by Crippen LogP contribution is -2.30. The molecule has 3 nitrogen and oxygen atoms in total. The molecule has 1 aliphatic carbocycles. The van der Waals surface area contributed by atoms with Crippen LogP contribution < -0.4 is 0 Å². The molecule has 1 atom stereocenters. The molecule has 0 saturated heterocycles. The van der Waals surface area contributed by atoms with Gasteiger partial charge in [-0.3, -0.25) is 0 Å². The molecule has 1 N–H and O–H groups in total. The van der Waals surface area contributed by atoms with Gasteiger partial charge >= 0.3 is 0 Å². The molecular weight excluding hydrogens is 212 g/mol. The zero-order valence-corrected chi connectivity index (χ0v) is 10.7. The van der Waals surface area contributed by atoms with E-state index in [1.807, 2.05) is 0 Å². The van der Waals surface area contributed by atoms with Gasteiger partial charge in [-0.25, -0.2) is 8.42 Å². The summed E-state index contributed by atoms with van der Waals surface area (Å²) in [6.45, 7) is 5.17. The van der Waals surface area contributed by atoms with Crippen LogP contribution in [0.15, 0.2) is 0 Å². The molecule has 0 aromatic carbocycles. The standard InChI is InChI=1S/C11H22O3S/c1-11(2,3)15(13,14)8-4-5-10(12)9-6-7-9/h9-10,12H,4-8H2,1-3H3. The molecule has 1 rings (SSSR count). The van der Waals surface area contributed by atoms with Crippen molar-refractivity contribution in [1.29, 1.82) is 0 Å². The van der Waals surface area contributed by atoms with Gasteiger partial charge in [0.15, 0.2) is 9.84 Å².